The first-order valence-corrected chi connectivity index (χ1v) is 11.8. The first-order valence-electron chi connectivity index (χ1n) is 9.73. The summed E-state index contributed by atoms with van der Waals surface area (Å²) < 4.78 is 23.7. The van der Waals surface area contributed by atoms with Crippen LogP contribution in [0.1, 0.15) is 26.3 Å². The van der Waals surface area contributed by atoms with Gasteiger partial charge in [0.25, 0.3) is 0 Å². The molecule has 1 fully saturated rings. The molecule has 1 N–H and O–H groups in total. The molecule has 1 heterocycles. The van der Waals surface area contributed by atoms with Gasteiger partial charge in [-0.05, 0) is 38.5 Å². The second-order valence-corrected chi connectivity index (χ2v) is 11.4. The zero-order chi connectivity index (χ0) is 21.7. The summed E-state index contributed by atoms with van der Waals surface area (Å²) in [5, 5.41) is 3.76. The van der Waals surface area contributed by atoms with E-state index in [9.17, 15) is 13.2 Å². The Balaban J connectivity index is 0.00000450. The van der Waals surface area contributed by atoms with Crippen molar-refractivity contribution in [2.24, 2.45) is 4.99 Å². The van der Waals surface area contributed by atoms with Crippen LogP contribution in [0.15, 0.2) is 29.3 Å². The molecule has 0 unspecified atom stereocenters. The Morgan fingerprint density at radius 2 is 1.77 bits per heavy atom. The molecule has 2 rings (SSSR count). The van der Waals surface area contributed by atoms with Gasteiger partial charge >= 0.3 is 0 Å². The van der Waals surface area contributed by atoms with Crippen LogP contribution in [0.25, 0.3) is 0 Å². The number of carbonyl (C=O) groups is 1. The third kappa shape index (κ3) is 7.56. The summed E-state index contributed by atoms with van der Waals surface area (Å²) in [6, 6.07) is 7.35. The van der Waals surface area contributed by atoms with Gasteiger partial charge in [-0.2, -0.15) is 0 Å². The number of rotatable bonds is 5. The van der Waals surface area contributed by atoms with Crippen molar-refractivity contribution in [2.45, 2.75) is 31.9 Å². The van der Waals surface area contributed by atoms with Gasteiger partial charge in [0, 0.05) is 44.8 Å². The molecule has 1 saturated heterocycles. The Hall–Kier alpha value is -1.07. The van der Waals surface area contributed by atoms with Crippen LogP contribution in [0.3, 0.4) is 0 Å². The van der Waals surface area contributed by atoms with E-state index in [0.717, 1.165) is 5.56 Å². The van der Waals surface area contributed by atoms with Gasteiger partial charge in [-0.25, -0.2) is 8.42 Å². The maximum atomic E-state index is 12.6. The van der Waals surface area contributed by atoms with Gasteiger partial charge in [0.1, 0.15) is 0 Å². The maximum absolute atomic E-state index is 12.6. The smallest absolute Gasteiger partial charge is 0.227 e. The number of carbonyl (C=O) groups excluding carboxylic acids is 1. The van der Waals surface area contributed by atoms with Crippen LogP contribution in [0.5, 0.6) is 0 Å². The van der Waals surface area contributed by atoms with Crippen LogP contribution < -0.4 is 5.32 Å². The fourth-order valence-electron chi connectivity index (χ4n) is 3.04. The van der Waals surface area contributed by atoms with E-state index in [1.807, 2.05) is 28.0 Å². The number of hydrogen-bond donors (Lipinski definition) is 1. The highest BCUT2D eigenvalue weighted by atomic mass is 127. The maximum Gasteiger partial charge on any atom is 0.227 e. The van der Waals surface area contributed by atoms with E-state index in [1.54, 1.807) is 33.9 Å². The van der Waals surface area contributed by atoms with Crippen molar-refractivity contribution in [3.8, 4) is 0 Å². The van der Waals surface area contributed by atoms with E-state index in [1.165, 1.54) is 0 Å². The van der Waals surface area contributed by atoms with Crippen molar-refractivity contribution in [3.05, 3.63) is 34.9 Å². The second kappa shape index (κ2) is 11.5. The van der Waals surface area contributed by atoms with Crippen molar-refractivity contribution in [1.29, 1.82) is 0 Å². The summed E-state index contributed by atoms with van der Waals surface area (Å²) in [6.45, 7) is 7.91. The van der Waals surface area contributed by atoms with Crippen molar-refractivity contribution < 1.29 is 13.2 Å². The molecule has 0 saturated carbocycles. The van der Waals surface area contributed by atoms with Crippen molar-refractivity contribution in [3.63, 3.8) is 0 Å². The molecule has 7 nitrogen and oxygen atoms in total. The lowest BCUT2D eigenvalue weighted by atomic mass is 10.1. The quantitative estimate of drug-likeness (QED) is 0.334. The van der Waals surface area contributed by atoms with E-state index < -0.39 is 14.6 Å². The summed E-state index contributed by atoms with van der Waals surface area (Å²) in [4.78, 5) is 20.7. The molecule has 0 bridgehead atoms. The predicted molar refractivity (Wildman–Crippen MR) is 134 cm³/mol. The van der Waals surface area contributed by atoms with Gasteiger partial charge < -0.3 is 15.1 Å². The molecule has 0 radical (unpaired) electrons. The first kappa shape index (κ1) is 27.0. The van der Waals surface area contributed by atoms with Crippen LogP contribution >= 0.6 is 35.6 Å². The van der Waals surface area contributed by atoms with Crippen LogP contribution in [0.2, 0.25) is 5.02 Å². The third-order valence-electron chi connectivity index (χ3n) is 4.98. The fourth-order valence-corrected chi connectivity index (χ4v) is 4.23. The van der Waals surface area contributed by atoms with Gasteiger partial charge in [0.05, 0.1) is 16.9 Å². The minimum Gasteiger partial charge on any atom is -0.355 e. The Morgan fingerprint density at radius 1 is 1.17 bits per heavy atom. The summed E-state index contributed by atoms with van der Waals surface area (Å²) in [5.41, 5.74) is 0.905. The Labute approximate surface area is 202 Å². The van der Waals surface area contributed by atoms with Gasteiger partial charge in [0.2, 0.25) is 5.91 Å². The average Bonchev–Trinajstić information content (AvgIpc) is 2.64. The average molecular weight is 571 g/mol. The van der Waals surface area contributed by atoms with Gasteiger partial charge in [-0.1, -0.05) is 23.7 Å². The normalized spacial score (nSPS) is 15.6. The monoisotopic (exact) mass is 570 g/mol. The molecule has 170 valence electrons. The lowest BCUT2D eigenvalue weighted by molar-refractivity contribution is -0.131. The van der Waals surface area contributed by atoms with E-state index in [0.29, 0.717) is 50.1 Å². The standard InChI is InChI=1S/C20H31ClN4O3S.HI/c1-20(2,3)29(27,28)13-8-23-19(22-4)25-11-9-24(10-12-25)18(26)15-16-6-5-7-17(21)14-16;/h5-7,14H,8-13,15H2,1-4H3,(H,22,23);1H. The molecular formula is C20H32ClIN4O3S. The number of aliphatic imine (C=N–C) groups is 1. The number of nitrogens with one attached hydrogen (secondary N) is 1. The largest absolute Gasteiger partial charge is 0.355 e. The van der Waals surface area contributed by atoms with Crippen LogP contribution in [0, 0.1) is 0 Å². The van der Waals surface area contributed by atoms with Crippen LogP contribution in [0.4, 0.5) is 0 Å². The van der Waals surface area contributed by atoms with E-state index >= 15 is 0 Å². The number of benzene rings is 1. The number of halogens is 2. The van der Waals surface area contributed by atoms with E-state index in [-0.39, 0.29) is 35.6 Å². The zero-order valence-electron chi connectivity index (χ0n) is 18.0. The topological polar surface area (TPSA) is 82.1 Å². The number of piperazine rings is 1. The number of amides is 1. The predicted octanol–water partition coefficient (Wildman–Crippen LogP) is 2.43. The number of nitrogens with zero attached hydrogens (tertiary/aromatic N) is 3. The van der Waals surface area contributed by atoms with Gasteiger partial charge in [-0.15, -0.1) is 24.0 Å². The molecule has 0 aromatic heterocycles. The molecule has 0 atom stereocenters. The summed E-state index contributed by atoms with van der Waals surface area (Å²) in [5.74, 6) is 0.787. The number of hydrogen-bond acceptors (Lipinski definition) is 4. The summed E-state index contributed by atoms with van der Waals surface area (Å²) in [7, 11) is -1.51. The molecule has 1 aliphatic rings. The van der Waals surface area contributed by atoms with Crippen LogP contribution in [-0.4, -0.2) is 80.4 Å². The summed E-state index contributed by atoms with van der Waals surface area (Å²) >= 11 is 5.99. The Morgan fingerprint density at radius 3 is 2.30 bits per heavy atom. The van der Waals surface area contributed by atoms with Gasteiger partial charge in [-0.3, -0.25) is 9.79 Å². The SMILES string of the molecule is CN=C(NCCS(=O)(=O)C(C)(C)C)N1CCN(C(=O)Cc2cccc(Cl)c2)CC1.I. The molecule has 0 spiro atoms. The zero-order valence-corrected chi connectivity index (χ0v) is 21.9. The van der Waals surface area contributed by atoms with E-state index in [2.05, 4.69) is 10.3 Å². The molecular weight excluding hydrogens is 539 g/mol. The highest BCUT2D eigenvalue weighted by Crippen LogP contribution is 2.15. The van der Waals surface area contributed by atoms with Crippen LogP contribution in [-0.2, 0) is 21.1 Å². The molecule has 1 aromatic rings. The van der Waals surface area contributed by atoms with Gasteiger partial charge in [0.15, 0.2) is 15.8 Å². The molecule has 0 aliphatic carbocycles. The van der Waals surface area contributed by atoms with E-state index in [4.69, 9.17) is 11.6 Å². The minimum absolute atomic E-state index is 0. The highest BCUT2D eigenvalue weighted by molar-refractivity contribution is 14.0. The number of sulfone groups is 1. The lowest BCUT2D eigenvalue weighted by Gasteiger charge is -2.36. The molecule has 1 aliphatic heterocycles. The molecule has 10 heteroatoms. The first-order chi connectivity index (χ1) is 13.5. The Bertz CT molecular complexity index is 848. The second-order valence-electron chi connectivity index (χ2n) is 8.08. The fraction of sp³-hybridized carbons (Fsp3) is 0.600. The van der Waals surface area contributed by atoms with Crippen molar-refractivity contribution in [2.75, 3.05) is 45.5 Å². The highest BCUT2D eigenvalue weighted by Gasteiger charge is 2.29. The molecule has 1 aromatic carbocycles. The van der Waals surface area contributed by atoms with Crippen molar-refractivity contribution >= 4 is 57.3 Å². The number of guanidine groups is 1. The minimum atomic E-state index is -3.18. The summed E-state index contributed by atoms with van der Waals surface area (Å²) in [6.07, 6.45) is 0.332. The third-order valence-corrected chi connectivity index (χ3v) is 7.82. The molecule has 1 amide bonds. The lowest BCUT2D eigenvalue weighted by Crippen LogP contribution is -2.54. The van der Waals surface area contributed by atoms with Crippen molar-refractivity contribution in [1.82, 2.24) is 15.1 Å². The Kier molecular flexibility index (Phi) is 10.4. The molecule has 30 heavy (non-hydrogen) atoms.